The molecule has 1 atom stereocenters. The number of carbonyl (C=O) groups is 2. The molecule has 2 aromatic rings. The number of sulfonamides is 1. The van der Waals surface area contributed by atoms with Gasteiger partial charge in [-0.2, -0.15) is 0 Å². The summed E-state index contributed by atoms with van der Waals surface area (Å²) in [6.45, 7) is 1.46. The highest BCUT2D eigenvalue weighted by atomic mass is 32.2. The predicted octanol–water partition coefficient (Wildman–Crippen LogP) is 0.377. The lowest BCUT2D eigenvalue weighted by atomic mass is 10.1. The van der Waals surface area contributed by atoms with Gasteiger partial charge in [0.15, 0.2) is 17.5 Å². The van der Waals surface area contributed by atoms with E-state index in [9.17, 15) is 22.8 Å². The van der Waals surface area contributed by atoms with Crippen molar-refractivity contribution < 1.29 is 27.5 Å². The Morgan fingerprint density at radius 2 is 2.03 bits per heavy atom. The minimum absolute atomic E-state index is 0.0160. The van der Waals surface area contributed by atoms with Crippen LogP contribution in [0.1, 0.15) is 19.8 Å². The fraction of sp³-hybridized carbons (Fsp3) is 0.333. The van der Waals surface area contributed by atoms with Crippen LogP contribution in [0, 0.1) is 5.41 Å². The smallest absolute Gasteiger partial charge is 0.272 e. The lowest BCUT2D eigenvalue weighted by Crippen LogP contribution is -2.43. The molecule has 0 fully saturated rings. The highest BCUT2D eigenvalue weighted by molar-refractivity contribution is 7.92. The number of pyridine rings is 1. The monoisotopic (exact) mass is 508 g/mol. The van der Waals surface area contributed by atoms with E-state index in [0.717, 1.165) is 17.2 Å². The highest BCUT2D eigenvalue weighted by Gasteiger charge is 2.27. The van der Waals surface area contributed by atoms with Gasteiger partial charge in [-0.25, -0.2) is 8.42 Å². The van der Waals surface area contributed by atoms with Gasteiger partial charge in [-0.3, -0.25) is 24.6 Å². The lowest BCUT2D eigenvalue weighted by Gasteiger charge is -2.27. The SMILES string of the molecule is COc1cccc(S(=O)(=O)Nc2c[nH]c(=O)c(N(C(C)=O)[C@H](C=O)CCCNC(=N)N)c2)c1OC. The Hall–Kier alpha value is -4.07. The van der Waals surface area contributed by atoms with Gasteiger partial charge in [0.1, 0.15) is 16.9 Å². The Labute approximate surface area is 202 Å². The number of nitrogens with two attached hydrogens (primary N) is 1. The number of anilines is 2. The second-order valence-corrected chi connectivity index (χ2v) is 8.93. The molecular weight excluding hydrogens is 480 g/mol. The highest BCUT2D eigenvalue weighted by Crippen LogP contribution is 2.34. The van der Waals surface area contributed by atoms with Crippen molar-refractivity contribution in [3.63, 3.8) is 0 Å². The number of nitrogens with one attached hydrogen (secondary N) is 4. The molecule has 1 aromatic heterocycles. The van der Waals surface area contributed by atoms with Crippen molar-refractivity contribution in [1.82, 2.24) is 10.3 Å². The van der Waals surface area contributed by atoms with Gasteiger partial charge in [0.05, 0.1) is 25.9 Å². The Bertz CT molecular complexity index is 1240. The summed E-state index contributed by atoms with van der Waals surface area (Å²) in [5, 5.41) is 9.75. The molecule has 0 saturated carbocycles. The first kappa shape index (κ1) is 27.2. The van der Waals surface area contributed by atoms with Crippen LogP contribution in [0.25, 0.3) is 0 Å². The van der Waals surface area contributed by atoms with Crippen LogP contribution in [-0.4, -0.2) is 58.4 Å². The zero-order valence-electron chi connectivity index (χ0n) is 19.5. The summed E-state index contributed by atoms with van der Waals surface area (Å²) >= 11 is 0. The van der Waals surface area contributed by atoms with Gasteiger partial charge in [-0.05, 0) is 31.0 Å². The fourth-order valence-corrected chi connectivity index (χ4v) is 4.59. The van der Waals surface area contributed by atoms with Crippen molar-refractivity contribution in [1.29, 1.82) is 5.41 Å². The van der Waals surface area contributed by atoms with Crippen LogP contribution in [-0.2, 0) is 19.6 Å². The van der Waals surface area contributed by atoms with Crippen LogP contribution in [0.4, 0.5) is 11.4 Å². The van der Waals surface area contributed by atoms with E-state index in [1.54, 1.807) is 0 Å². The molecular formula is C21H28N6O7S. The van der Waals surface area contributed by atoms with Gasteiger partial charge in [-0.15, -0.1) is 0 Å². The number of aromatic nitrogens is 1. The summed E-state index contributed by atoms with van der Waals surface area (Å²) < 4.78 is 38.8. The number of H-pyrrole nitrogens is 1. The van der Waals surface area contributed by atoms with Gasteiger partial charge in [0, 0.05) is 19.7 Å². The molecule has 0 aliphatic heterocycles. The average Bonchev–Trinajstić information content (AvgIpc) is 2.81. The zero-order chi connectivity index (χ0) is 26.2. The molecule has 1 amide bonds. The van der Waals surface area contributed by atoms with Gasteiger partial charge in [0.2, 0.25) is 5.91 Å². The van der Waals surface area contributed by atoms with Crippen LogP contribution in [0.5, 0.6) is 11.5 Å². The first-order valence-corrected chi connectivity index (χ1v) is 11.8. The van der Waals surface area contributed by atoms with E-state index in [-0.39, 0.29) is 46.7 Å². The molecule has 0 saturated heterocycles. The van der Waals surface area contributed by atoms with Crippen molar-refractivity contribution in [2.75, 3.05) is 30.4 Å². The number of methoxy groups -OCH3 is 2. The van der Waals surface area contributed by atoms with Crippen LogP contribution >= 0.6 is 0 Å². The van der Waals surface area contributed by atoms with Crippen LogP contribution < -0.4 is 35.7 Å². The maximum Gasteiger partial charge on any atom is 0.272 e. The number of amides is 1. The van der Waals surface area contributed by atoms with Gasteiger partial charge in [0.25, 0.3) is 15.6 Å². The number of benzene rings is 1. The van der Waals surface area contributed by atoms with Crippen molar-refractivity contribution in [2.45, 2.75) is 30.7 Å². The normalized spacial score (nSPS) is 11.7. The quantitative estimate of drug-likeness (QED) is 0.116. The molecule has 14 heteroatoms. The summed E-state index contributed by atoms with van der Waals surface area (Å²) in [4.78, 5) is 39.9. The van der Waals surface area contributed by atoms with E-state index in [2.05, 4.69) is 15.0 Å². The van der Waals surface area contributed by atoms with Crippen LogP contribution in [0.15, 0.2) is 40.2 Å². The maximum atomic E-state index is 13.1. The second kappa shape index (κ2) is 11.9. The molecule has 0 radical (unpaired) electrons. The van der Waals surface area contributed by atoms with Crippen molar-refractivity contribution in [3.05, 3.63) is 40.8 Å². The number of hydrogen-bond donors (Lipinski definition) is 5. The summed E-state index contributed by atoms with van der Waals surface area (Å²) in [5.74, 6) is -0.646. The molecule has 0 unspecified atom stereocenters. The standard InChI is InChI=1S/C21H28N6O7S/c1-13(29)27(15(12-28)6-5-9-24-21(22)23)16-10-14(11-25-20(16)30)26-35(31,32)18-8-4-7-17(33-2)19(18)34-3/h4,7-8,10-12,15,26H,5-6,9H2,1-3H3,(H,25,30)(H4,22,23,24)/t15-/m0/s1. The van der Waals surface area contributed by atoms with Crippen molar-refractivity contribution >= 4 is 39.6 Å². The van der Waals surface area contributed by atoms with Crippen LogP contribution in [0.3, 0.4) is 0 Å². The minimum Gasteiger partial charge on any atom is -0.493 e. The third kappa shape index (κ3) is 6.72. The predicted molar refractivity (Wildman–Crippen MR) is 130 cm³/mol. The van der Waals surface area contributed by atoms with E-state index in [1.165, 1.54) is 39.3 Å². The molecule has 0 spiro atoms. The van der Waals surface area contributed by atoms with E-state index >= 15 is 0 Å². The second-order valence-electron chi connectivity index (χ2n) is 7.28. The third-order valence-corrected chi connectivity index (χ3v) is 6.28. The Morgan fingerprint density at radius 1 is 1.31 bits per heavy atom. The molecule has 6 N–H and O–H groups in total. The largest absolute Gasteiger partial charge is 0.493 e. The Morgan fingerprint density at radius 3 is 2.60 bits per heavy atom. The number of nitrogens with zero attached hydrogens (tertiary/aromatic N) is 1. The number of hydrogen-bond acceptors (Lipinski definition) is 8. The number of carbonyl (C=O) groups excluding carboxylic acids is 2. The molecule has 190 valence electrons. The molecule has 0 aliphatic rings. The number of ether oxygens (including phenoxy) is 2. The number of rotatable bonds is 12. The third-order valence-electron chi connectivity index (χ3n) is 4.87. The van der Waals surface area contributed by atoms with Crippen molar-refractivity contribution in [2.24, 2.45) is 5.73 Å². The van der Waals surface area contributed by atoms with Gasteiger partial charge < -0.3 is 30.3 Å². The molecule has 35 heavy (non-hydrogen) atoms. The van der Waals surface area contributed by atoms with Crippen LogP contribution in [0.2, 0.25) is 0 Å². The number of aromatic amines is 1. The summed E-state index contributed by atoms with van der Waals surface area (Å²) in [6.07, 6.45) is 2.18. The number of aldehydes is 1. The number of guanidine groups is 1. The molecule has 1 aromatic carbocycles. The lowest BCUT2D eigenvalue weighted by molar-refractivity contribution is -0.119. The number of para-hydroxylation sites is 1. The first-order chi connectivity index (χ1) is 16.5. The summed E-state index contributed by atoms with van der Waals surface area (Å²) in [7, 11) is -1.54. The molecule has 2 rings (SSSR count). The van der Waals surface area contributed by atoms with Crippen molar-refractivity contribution in [3.8, 4) is 11.5 Å². The molecule has 1 heterocycles. The summed E-state index contributed by atoms with van der Waals surface area (Å²) in [5.41, 5.74) is 4.26. The topological polar surface area (TPSA) is 197 Å². The first-order valence-electron chi connectivity index (χ1n) is 10.3. The van der Waals surface area contributed by atoms with E-state index in [1.807, 2.05) is 0 Å². The average molecular weight is 509 g/mol. The van der Waals surface area contributed by atoms with Gasteiger partial charge in [-0.1, -0.05) is 6.07 Å². The fourth-order valence-electron chi connectivity index (χ4n) is 3.36. The minimum atomic E-state index is -4.21. The maximum absolute atomic E-state index is 13.1. The summed E-state index contributed by atoms with van der Waals surface area (Å²) in [6, 6.07) is 4.48. The Balaban J connectivity index is 2.40. The Kier molecular flexibility index (Phi) is 9.22. The molecule has 13 nitrogen and oxygen atoms in total. The zero-order valence-corrected chi connectivity index (χ0v) is 20.3. The molecule has 0 bridgehead atoms. The van der Waals surface area contributed by atoms with E-state index in [0.29, 0.717) is 12.7 Å². The van der Waals surface area contributed by atoms with E-state index in [4.69, 9.17) is 20.6 Å². The van der Waals surface area contributed by atoms with E-state index < -0.39 is 27.5 Å². The molecule has 0 aliphatic carbocycles. The van der Waals surface area contributed by atoms with Gasteiger partial charge >= 0.3 is 0 Å².